The average Bonchev–Trinajstić information content (AvgIpc) is 2.36. The maximum Gasteiger partial charge on any atom is 0.128 e. The Hall–Kier alpha value is -1.90. The highest BCUT2D eigenvalue weighted by atomic mass is 19.1. The first-order valence-corrected chi connectivity index (χ1v) is 6.40. The standard InChI is InChI=1S/C16H17F2N/c1-12(7-8-13-5-3-2-4-6-13)19-16-10-14(17)9-15(18)11-16/h2-6,9-12,19H,7-8H2,1H3. The first kappa shape index (κ1) is 13.5. The fourth-order valence-corrected chi connectivity index (χ4v) is 2.02. The Labute approximate surface area is 112 Å². The molecule has 0 heterocycles. The SMILES string of the molecule is CC(CCc1ccccc1)Nc1cc(F)cc(F)c1. The summed E-state index contributed by atoms with van der Waals surface area (Å²) in [6, 6.07) is 13.8. The summed E-state index contributed by atoms with van der Waals surface area (Å²) in [5.41, 5.74) is 1.75. The molecule has 1 N–H and O–H groups in total. The fourth-order valence-electron chi connectivity index (χ4n) is 2.02. The highest BCUT2D eigenvalue weighted by molar-refractivity contribution is 5.44. The maximum atomic E-state index is 13.0. The van der Waals surface area contributed by atoms with E-state index in [0.29, 0.717) is 5.69 Å². The molecule has 19 heavy (non-hydrogen) atoms. The van der Waals surface area contributed by atoms with Crippen LogP contribution in [0.3, 0.4) is 0 Å². The van der Waals surface area contributed by atoms with Crippen molar-refractivity contribution in [1.29, 1.82) is 0 Å². The predicted molar refractivity (Wildman–Crippen MR) is 74.2 cm³/mol. The van der Waals surface area contributed by atoms with Crippen LogP contribution in [0.1, 0.15) is 18.9 Å². The van der Waals surface area contributed by atoms with Crippen molar-refractivity contribution in [3.63, 3.8) is 0 Å². The minimum atomic E-state index is -0.558. The van der Waals surface area contributed by atoms with Gasteiger partial charge in [0.1, 0.15) is 11.6 Å². The van der Waals surface area contributed by atoms with Gasteiger partial charge in [-0.15, -0.1) is 0 Å². The average molecular weight is 261 g/mol. The van der Waals surface area contributed by atoms with Gasteiger partial charge in [-0.3, -0.25) is 0 Å². The summed E-state index contributed by atoms with van der Waals surface area (Å²) in [6.07, 6.45) is 1.84. The van der Waals surface area contributed by atoms with E-state index >= 15 is 0 Å². The Balaban J connectivity index is 1.89. The molecule has 2 aromatic carbocycles. The van der Waals surface area contributed by atoms with Crippen molar-refractivity contribution in [2.75, 3.05) is 5.32 Å². The zero-order valence-corrected chi connectivity index (χ0v) is 10.9. The number of anilines is 1. The van der Waals surface area contributed by atoms with Crippen LogP contribution < -0.4 is 5.32 Å². The van der Waals surface area contributed by atoms with Gasteiger partial charge in [-0.05, 0) is 37.5 Å². The molecule has 0 spiro atoms. The van der Waals surface area contributed by atoms with Crippen LogP contribution >= 0.6 is 0 Å². The minimum Gasteiger partial charge on any atom is -0.382 e. The minimum absolute atomic E-state index is 0.154. The highest BCUT2D eigenvalue weighted by Gasteiger charge is 2.05. The van der Waals surface area contributed by atoms with Gasteiger partial charge in [0.05, 0.1) is 0 Å². The molecular formula is C16H17F2N. The predicted octanol–water partition coefficient (Wildman–Crippen LogP) is 4.40. The lowest BCUT2D eigenvalue weighted by atomic mass is 10.1. The second-order valence-corrected chi connectivity index (χ2v) is 4.73. The van der Waals surface area contributed by atoms with E-state index in [9.17, 15) is 8.78 Å². The van der Waals surface area contributed by atoms with Crippen LogP contribution in [-0.4, -0.2) is 6.04 Å². The van der Waals surface area contributed by atoms with Crippen molar-refractivity contribution in [2.45, 2.75) is 25.8 Å². The molecule has 100 valence electrons. The van der Waals surface area contributed by atoms with E-state index < -0.39 is 11.6 Å². The number of hydrogen-bond acceptors (Lipinski definition) is 1. The number of halogens is 2. The largest absolute Gasteiger partial charge is 0.382 e. The van der Waals surface area contributed by atoms with Crippen LogP contribution in [0, 0.1) is 11.6 Å². The third-order valence-corrected chi connectivity index (χ3v) is 2.98. The molecule has 0 amide bonds. The van der Waals surface area contributed by atoms with Gasteiger partial charge < -0.3 is 5.32 Å². The van der Waals surface area contributed by atoms with Gasteiger partial charge in [-0.25, -0.2) is 8.78 Å². The first-order chi connectivity index (χ1) is 9.13. The molecule has 1 nitrogen and oxygen atoms in total. The Morgan fingerprint density at radius 3 is 2.26 bits per heavy atom. The second-order valence-electron chi connectivity index (χ2n) is 4.73. The van der Waals surface area contributed by atoms with Gasteiger partial charge in [0, 0.05) is 17.8 Å². The normalized spacial score (nSPS) is 12.2. The molecular weight excluding hydrogens is 244 g/mol. The van der Waals surface area contributed by atoms with E-state index in [1.54, 1.807) is 0 Å². The summed E-state index contributed by atoms with van der Waals surface area (Å²) in [7, 11) is 0. The molecule has 0 aliphatic carbocycles. The van der Waals surface area contributed by atoms with E-state index in [0.717, 1.165) is 18.9 Å². The molecule has 0 fully saturated rings. The van der Waals surface area contributed by atoms with Gasteiger partial charge >= 0.3 is 0 Å². The van der Waals surface area contributed by atoms with Gasteiger partial charge in [-0.1, -0.05) is 30.3 Å². The number of rotatable bonds is 5. The van der Waals surface area contributed by atoms with E-state index in [4.69, 9.17) is 0 Å². The molecule has 3 heteroatoms. The van der Waals surface area contributed by atoms with Crippen LogP contribution in [0.5, 0.6) is 0 Å². The Bertz CT molecular complexity index is 505. The third kappa shape index (κ3) is 4.36. The summed E-state index contributed by atoms with van der Waals surface area (Å²) in [4.78, 5) is 0. The van der Waals surface area contributed by atoms with E-state index in [1.807, 2.05) is 25.1 Å². The molecule has 0 radical (unpaired) electrons. The molecule has 0 aliphatic heterocycles. The molecule has 0 aromatic heterocycles. The van der Waals surface area contributed by atoms with E-state index in [1.165, 1.54) is 17.7 Å². The van der Waals surface area contributed by atoms with Crippen LogP contribution in [0.25, 0.3) is 0 Å². The molecule has 0 saturated heterocycles. The van der Waals surface area contributed by atoms with Crippen molar-refractivity contribution in [2.24, 2.45) is 0 Å². The lowest BCUT2D eigenvalue weighted by Crippen LogP contribution is -2.16. The molecule has 0 aliphatic rings. The summed E-state index contributed by atoms with van der Waals surface area (Å²) >= 11 is 0. The fraction of sp³-hybridized carbons (Fsp3) is 0.250. The topological polar surface area (TPSA) is 12.0 Å². The van der Waals surface area contributed by atoms with Gasteiger partial charge in [-0.2, -0.15) is 0 Å². The molecule has 0 bridgehead atoms. The van der Waals surface area contributed by atoms with Crippen molar-refractivity contribution in [3.05, 3.63) is 65.7 Å². The van der Waals surface area contributed by atoms with Gasteiger partial charge in [0.2, 0.25) is 0 Å². The summed E-state index contributed by atoms with van der Waals surface area (Å²) < 4.78 is 26.1. The monoisotopic (exact) mass is 261 g/mol. The molecule has 0 saturated carbocycles. The van der Waals surface area contributed by atoms with Gasteiger partial charge in [0.25, 0.3) is 0 Å². The number of nitrogens with one attached hydrogen (secondary N) is 1. The Morgan fingerprint density at radius 2 is 1.63 bits per heavy atom. The van der Waals surface area contributed by atoms with Crippen molar-refractivity contribution in [3.8, 4) is 0 Å². The molecule has 1 atom stereocenters. The number of hydrogen-bond donors (Lipinski definition) is 1. The van der Waals surface area contributed by atoms with Crippen molar-refractivity contribution < 1.29 is 8.78 Å². The molecule has 2 rings (SSSR count). The lowest BCUT2D eigenvalue weighted by molar-refractivity contribution is 0.583. The zero-order chi connectivity index (χ0) is 13.7. The third-order valence-electron chi connectivity index (χ3n) is 2.98. The Morgan fingerprint density at radius 1 is 1.00 bits per heavy atom. The highest BCUT2D eigenvalue weighted by Crippen LogP contribution is 2.15. The summed E-state index contributed by atoms with van der Waals surface area (Å²) in [5.74, 6) is -1.12. The van der Waals surface area contributed by atoms with Crippen molar-refractivity contribution >= 4 is 5.69 Å². The van der Waals surface area contributed by atoms with Crippen LogP contribution in [0.4, 0.5) is 14.5 Å². The summed E-state index contributed by atoms with van der Waals surface area (Å²) in [6.45, 7) is 2.01. The Kier molecular flexibility index (Phi) is 4.50. The maximum absolute atomic E-state index is 13.0. The second kappa shape index (κ2) is 6.32. The van der Waals surface area contributed by atoms with E-state index in [2.05, 4.69) is 17.4 Å². The van der Waals surface area contributed by atoms with Crippen LogP contribution in [-0.2, 0) is 6.42 Å². The van der Waals surface area contributed by atoms with Crippen LogP contribution in [0.2, 0.25) is 0 Å². The number of aryl methyl sites for hydroxylation is 1. The lowest BCUT2D eigenvalue weighted by Gasteiger charge is -2.15. The van der Waals surface area contributed by atoms with Crippen molar-refractivity contribution in [1.82, 2.24) is 0 Å². The molecule has 1 unspecified atom stereocenters. The van der Waals surface area contributed by atoms with E-state index in [-0.39, 0.29) is 6.04 Å². The summed E-state index contributed by atoms with van der Waals surface area (Å²) in [5, 5.41) is 3.11. The first-order valence-electron chi connectivity index (χ1n) is 6.40. The number of benzene rings is 2. The van der Waals surface area contributed by atoms with Gasteiger partial charge in [0.15, 0.2) is 0 Å². The quantitative estimate of drug-likeness (QED) is 0.841. The molecule has 2 aromatic rings. The zero-order valence-electron chi connectivity index (χ0n) is 10.9. The smallest absolute Gasteiger partial charge is 0.128 e. The van der Waals surface area contributed by atoms with Crippen LogP contribution in [0.15, 0.2) is 48.5 Å².